The van der Waals surface area contributed by atoms with Crippen molar-refractivity contribution in [1.29, 1.82) is 0 Å². The average Bonchev–Trinajstić information content (AvgIpc) is 3.60. The molecule has 0 radical (unpaired) electrons. The van der Waals surface area contributed by atoms with E-state index in [4.69, 9.17) is 18.9 Å². The van der Waals surface area contributed by atoms with Gasteiger partial charge in [0.2, 0.25) is 5.95 Å². The summed E-state index contributed by atoms with van der Waals surface area (Å²) in [5.41, 5.74) is 1.64. The molecule has 2 atom stereocenters. The summed E-state index contributed by atoms with van der Waals surface area (Å²) in [6.07, 6.45) is 2.30. The number of cyclic esters (lactones) is 1. The van der Waals surface area contributed by atoms with Gasteiger partial charge < -0.3 is 29.2 Å². The lowest BCUT2D eigenvalue weighted by molar-refractivity contribution is -0.148. The normalized spacial score (nSPS) is 16.4. The third kappa shape index (κ3) is 8.39. The molecule has 17 heteroatoms. The van der Waals surface area contributed by atoms with Crippen LogP contribution in [0.3, 0.4) is 0 Å². The number of hydrogen-bond acceptors (Lipinski definition) is 11. The predicted octanol–water partition coefficient (Wildman–Crippen LogP) is 4.68. The van der Waals surface area contributed by atoms with Crippen molar-refractivity contribution in [3.8, 4) is 16.9 Å². The number of amides is 2. The zero-order chi connectivity index (χ0) is 38.9. The van der Waals surface area contributed by atoms with Crippen LogP contribution >= 0.6 is 0 Å². The van der Waals surface area contributed by atoms with Crippen molar-refractivity contribution in [2.45, 2.75) is 72.1 Å². The van der Waals surface area contributed by atoms with E-state index in [1.165, 1.54) is 16.8 Å². The van der Waals surface area contributed by atoms with E-state index in [0.717, 1.165) is 5.56 Å². The molecule has 2 aliphatic heterocycles. The molecule has 2 fully saturated rings. The van der Waals surface area contributed by atoms with Crippen LogP contribution < -0.4 is 20.5 Å². The van der Waals surface area contributed by atoms with Gasteiger partial charge in [-0.1, -0.05) is 26.0 Å². The summed E-state index contributed by atoms with van der Waals surface area (Å²) in [4.78, 5) is 63.5. The lowest BCUT2D eigenvalue weighted by Crippen LogP contribution is -2.52. The third-order valence-electron chi connectivity index (χ3n) is 9.17. The smallest absolute Gasteiger partial charge is 0.410 e. The fourth-order valence-electron chi connectivity index (χ4n) is 6.44. The van der Waals surface area contributed by atoms with Crippen LogP contribution in [0.25, 0.3) is 22.0 Å². The third-order valence-corrected chi connectivity index (χ3v) is 9.17. The summed E-state index contributed by atoms with van der Waals surface area (Å²) in [6.45, 7) is 7.18. The largest absolute Gasteiger partial charge is 0.459 e. The van der Waals surface area contributed by atoms with Crippen molar-refractivity contribution >= 4 is 35.0 Å². The Morgan fingerprint density at radius 2 is 1.78 bits per heavy atom. The van der Waals surface area contributed by atoms with Gasteiger partial charge in [0.25, 0.3) is 5.56 Å². The molecule has 2 aliphatic rings. The number of ether oxygens (including phenoxy) is 4. The molecule has 4 aromatic rings. The molecule has 0 unspecified atom stereocenters. The van der Waals surface area contributed by atoms with Gasteiger partial charge in [-0.2, -0.15) is 8.78 Å². The van der Waals surface area contributed by atoms with Gasteiger partial charge in [-0.05, 0) is 62.1 Å². The summed E-state index contributed by atoms with van der Waals surface area (Å²) in [7, 11) is 1.58. The summed E-state index contributed by atoms with van der Waals surface area (Å²) < 4.78 is 50.9. The molecule has 2 amide bonds. The second kappa shape index (κ2) is 15.3. The van der Waals surface area contributed by atoms with E-state index in [1.54, 1.807) is 87.9 Å². The first-order valence-electron chi connectivity index (χ1n) is 17.5. The number of carbonyl (C=O) groups excluding carboxylic acids is 3. The minimum absolute atomic E-state index is 0.0495. The van der Waals surface area contributed by atoms with Crippen molar-refractivity contribution in [1.82, 2.24) is 29.5 Å². The zero-order valence-corrected chi connectivity index (χ0v) is 30.9. The fraction of sp³-hybridized carbons (Fsp3) is 0.459. The average molecular weight is 752 g/mol. The number of rotatable bonds is 11. The first-order valence-corrected chi connectivity index (χ1v) is 17.5. The Kier molecular flexibility index (Phi) is 10.8. The zero-order valence-electron chi connectivity index (χ0n) is 30.9. The first-order chi connectivity index (χ1) is 25.6. The molecule has 6 rings (SSSR count). The summed E-state index contributed by atoms with van der Waals surface area (Å²) in [6, 6.07) is 8.65. The Balaban J connectivity index is 1.22. The van der Waals surface area contributed by atoms with E-state index in [2.05, 4.69) is 15.3 Å². The SMILES string of the molecule is CC(C)[C@H](NC(=O)OC(C)(C)C)C(=O)OCc1ccc(OC(F)F)c(Cn2c3cc(-c4cnc(N5CCN6C(=O)OC[C@@H]6C5)nc4)ccc3c(=O)n2C)c1. The highest BCUT2D eigenvalue weighted by Gasteiger charge is 2.38. The molecule has 2 aromatic carbocycles. The van der Waals surface area contributed by atoms with Crippen LogP contribution in [0.2, 0.25) is 0 Å². The molecule has 0 bridgehead atoms. The van der Waals surface area contributed by atoms with E-state index in [0.29, 0.717) is 59.8 Å². The second-order valence-corrected chi connectivity index (χ2v) is 14.6. The molecule has 288 valence electrons. The Bertz CT molecular complexity index is 2090. The lowest BCUT2D eigenvalue weighted by Gasteiger charge is -2.35. The van der Waals surface area contributed by atoms with Crippen molar-refractivity contribution in [3.63, 3.8) is 0 Å². The van der Waals surface area contributed by atoms with Gasteiger partial charge in [-0.3, -0.25) is 19.1 Å². The first kappa shape index (κ1) is 38.0. The van der Waals surface area contributed by atoms with Crippen molar-refractivity contribution in [2.24, 2.45) is 13.0 Å². The van der Waals surface area contributed by atoms with Crippen molar-refractivity contribution in [3.05, 3.63) is 70.3 Å². The minimum Gasteiger partial charge on any atom is -0.459 e. The number of alkyl carbamates (subject to hydrolysis) is 1. The lowest BCUT2D eigenvalue weighted by atomic mass is 10.0. The molecule has 15 nitrogen and oxygen atoms in total. The van der Waals surface area contributed by atoms with Gasteiger partial charge in [0.15, 0.2) is 0 Å². The highest BCUT2D eigenvalue weighted by atomic mass is 19.3. The number of piperazine rings is 1. The number of benzene rings is 2. The van der Waals surface area contributed by atoms with Crippen molar-refractivity contribution < 1.29 is 42.1 Å². The van der Waals surface area contributed by atoms with Gasteiger partial charge in [-0.15, -0.1) is 0 Å². The van der Waals surface area contributed by atoms with Crippen LogP contribution in [0.1, 0.15) is 45.7 Å². The fourth-order valence-corrected chi connectivity index (χ4v) is 6.44. The van der Waals surface area contributed by atoms with Gasteiger partial charge in [0.05, 0.1) is 23.5 Å². The predicted molar refractivity (Wildman–Crippen MR) is 192 cm³/mol. The monoisotopic (exact) mass is 751 g/mol. The van der Waals surface area contributed by atoms with Gasteiger partial charge in [0.1, 0.15) is 30.6 Å². The summed E-state index contributed by atoms with van der Waals surface area (Å²) >= 11 is 0. The van der Waals surface area contributed by atoms with Crippen LogP contribution in [0, 0.1) is 5.92 Å². The van der Waals surface area contributed by atoms with E-state index in [9.17, 15) is 28.0 Å². The van der Waals surface area contributed by atoms with Crippen LogP contribution in [-0.4, -0.2) is 92.9 Å². The van der Waals surface area contributed by atoms with Crippen LogP contribution in [0.15, 0.2) is 53.6 Å². The summed E-state index contributed by atoms with van der Waals surface area (Å²) in [5, 5.41) is 2.96. The molecule has 54 heavy (non-hydrogen) atoms. The van der Waals surface area contributed by atoms with Crippen LogP contribution in [0.4, 0.5) is 24.3 Å². The van der Waals surface area contributed by atoms with E-state index >= 15 is 0 Å². The quantitative estimate of drug-likeness (QED) is 0.168. The number of aromatic nitrogens is 4. The molecule has 0 aliphatic carbocycles. The van der Waals surface area contributed by atoms with E-state index < -0.39 is 30.3 Å². The number of nitrogens with one attached hydrogen (secondary N) is 1. The number of halogens is 2. The number of fused-ring (bicyclic) bond motifs is 2. The minimum atomic E-state index is -3.11. The number of carbonyl (C=O) groups is 3. The second-order valence-electron chi connectivity index (χ2n) is 14.6. The Morgan fingerprint density at radius 1 is 1.04 bits per heavy atom. The molecule has 0 saturated carbocycles. The van der Waals surface area contributed by atoms with Gasteiger partial charge >= 0.3 is 24.8 Å². The Labute approximate surface area is 309 Å². The van der Waals surface area contributed by atoms with E-state index in [-0.39, 0.29) is 42.5 Å². The molecular formula is C37H43F2N7O8. The molecule has 2 saturated heterocycles. The molecule has 2 aromatic heterocycles. The highest BCUT2D eigenvalue weighted by molar-refractivity contribution is 5.84. The number of esters is 1. The van der Waals surface area contributed by atoms with Crippen LogP contribution in [0.5, 0.6) is 5.75 Å². The number of alkyl halides is 2. The molecular weight excluding hydrogens is 708 g/mol. The number of anilines is 1. The van der Waals surface area contributed by atoms with Crippen LogP contribution in [-0.2, 0) is 39.2 Å². The van der Waals surface area contributed by atoms with E-state index in [1.807, 2.05) is 4.90 Å². The summed E-state index contributed by atoms with van der Waals surface area (Å²) in [5.74, 6) is -0.616. The highest BCUT2D eigenvalue weighted by Crippen LogP contribution is 2.28. The Hall–Kier alpha value is -5.74. The number of nitrogens with zero attached hydrogens (tertiary/aromatic N) is 6. The van der Waals surface area contributed by atoms with Gasteiger partial charge in [0, 0.05) is 50.2 Å². The van der Waals surface area contributed by atoms with Gasteiger partial charge in [-0.25, -0.2) is 24.4 Å². The maximum atomic E-state index is 13.5. The van der Waals surface area contributed by atoms with Crippen molar-refractivity contribution in [2.75, 3.05) is 31.1 Å². The molecule has 0 spiro atoms. The maximum absolute atomic E-state index is 13.5. The maximum Gasteiger partial charge on any atom is 0.410 e. The number of hydrogen-bond donors (Lipinski definition) is 1. The standard InChI is InChI=1S/C37H43F2N7O8/c1-21(2)30(42-35(49)54-37(3,4)5)32(48)51-19-22-7-10-29(53-33(38)39)24(13-22)17-46-28-14-23(8-9-27(28)31(47)43(46)6)25-15-40-34(41-16-25)44-11-12-45-26(18-44)20-52-36(45)50/h7-10,13-16,21,26,30,33H,11-12,17-20H2,1-6H3,(H,42,49)/t26-,30-/m0/s1. The topological polar surface area (TPSA) is 159 Å². The molecule has 1 N–H and O–H groups in total. The Morgan fingerprint density at radius 3 is 2.46 bits per heavy atom. The molecule has 4 heterocycles.